The Morgan fingerprint density at radius 1 is 1.16 bits per heavy atom. The molecule has 0 radical (unpaired) electrons. The largest absolute Gasteiger partial charge is 0.347 e. The first kappa shape index (κ1) is 16.9. The maximum absolute atomic E-state index is 12.4. The SMILES string of the molecule is C=Nc1ccccc1N(C)c1csc(C(=O)NCc2ccccc2)c1. The quantitative estimate of drug-likeness (QED) is 0.651. The van der Waals surface area contributed by atoms with E-state index >= 15 is 0 Å². The van der Waals surface area contributed by atoms with E-state index in [0.717, 1.165) is 22.6 Å². The zero-order valence-corrected chi connectivity index (χ0v) is 14.8. The topological polar surface area (TPSA) is 44.7 Å². The summed E-state index contributed by atoms with van der Waals surface area (Å²) in [5.41, 5.74) is 3.79. The molecule has 1 N–H and O–H groups in total. The number of benzene rings is 2. The Hall–Kier alpha value is -2.92. The van der Waals surface area contributed by atoms with Crippen LogP contribution in [0.15, 0.2) is 71.0 Å². The number of nitrogens with one attached hydrogen (secondary N) is 1. The van der Waals surface area contributed by atoms with Crippen molar-refractivity contribution in [2.75, 3.05) is 11.9 Å². The van der Waals surface area contributed by atoms with Crippen molar-refractivity contribution in [2.45, 2.75) is 6.54 Å². The Balaban J connectivity index is 1.71. The van der Waals surface area contributed by atoms with E-state index in [-0.39, 0.29) is 5.91 Å². The maximum Gasteiger partial charge on any atom is 0.261 e. The van der Waals surface area contributed by atoms with Crippen LogP contribution >= 0.6 is 11.3 Å². The van der Waals surface area contributed by atoms with Crippen molar-refractivity contribution in [1.29, 1.82) is 0 Å². The number of hydrogen-bond donors (Lipinski definition) is 1. The monoisotopic (exact) mass is 349 g/mol. The summed E-state index contributed by atoms with van der Waals surface area (Å²) in [5, 5.41) is 4.92. The van der Waals surface area contributed by atoms with Crippen LogP contribution in [-0.4, -0.2) is 19.7 Å². The molecule has 1 heterocycles. The third-order valence-electron chi connectivity index (χ3n) is 3.91. The molecule has 0 bridgehead atoms. The number of anilines is 2. The molecular weight excluding hydrogens is 330 g/mol. The lowest BCUT2D eigenvalue weighted by Crippen LogP contribution is -2.21. The Bertz CT molecular complexity index is 873. The first-order chi connectivity index (χ1) is 12.2. The fraction of sp³-hybridized carbons (Fsp3) is 0.100. The molecule has 1 aromatic heterocycles. The number of hydrogen-bond acceptors (Lipinski definition) is 4. The number of para-hydroxylation sites is 2. The Kier molecular flexibility index (Phi) is 5.26. The van der Waals surface area contributed by atoms with Crippen molar-refractivity contribution in [2.24, 2.45) is 4.99 Å². The summed E-state index contributed by atoms with van der Waals surface area (Å²) in [6.45, 7) is 4.14. The molecule has 0 saturated heterocycles. The van der Waals surface area contributed by atoms with Crippen molar-refractivity contribution < 1.29 is 4.79 Å². The van der Waals surface area contributed by atoms with Crippen molar-refractivity contribution in [3.63, 3.8) is 0 Å². The molecule has 25 heavy (non-hydrogen) atoms. The average molecular weight is 349 g/mol. The predicted molar refractivity (Wildman–Crippen MR) is 106 cm³/mol. The zero-order valence-electron chi connectivity index (χ0n) is 14.0. The number of carbonyl (C=O) groups is 1. The summed E-state index contributed by atoms with van der Waals surface area (Å²) in [6, 6.07) is 19.6. The van der Waals surface area contributed by atoms with E-state index in [1.165, 1.54) is 11.3 Å². The van der Waals surface area contributed by atoms with Crippen molar-refractivity contribution in [3.8, 4) is 0 Å². The average Bonchev–Trinajstić information content (AvgIpc) is 3.16. The minimum absolute atomic E-state index is 0.0661. The minimum atomic E-state index is -0.0661. The van der Waals surface area contributed by atoms with Gasteiger partial charge in [-0.3, -0.25) is 9.79 Å². The van der Waals surface area contributed by atoms with E-state index in [9.17, 15) is 4.79 Å². The zero-order chi connectivity index (χ0) is 17.6. The van der Waals surface area contributed by atoms with Gasteiger partial charge in [0.25, 0.3) is 5.91 Å². The van der Waals surface area contributed by atoms with Gasteiger partial charge in [-0.15, -0.1) is 11.3 Å². The van der Waals surface area contributed by atoms with Crippen LogP contribution in [0.4, 0.5) is 17.1 Å². The predicted octanol–water partition coefficient (Wildman–Crippen LogP) is 4.78. The van der Waals surface area contributed by atoms with E-state index in [1.807, 2.05) is 78.0 Å². The Morgan fingerprint density at radius 3 is 2.64 bits per heavy atom. The molecule has 0 aliphatic heterocycles. The van der Waals surface area contributed by atoms with Crippen LogP contribution in [0.2, 0.25) is 0 Å². The van der Waals surface area contributed by atoms with E-state index in [0.29, 0.717) is 11.4 Å². The molecule has 0 aliphatic carbocycles. The van der Waals surface area contributed by atoms with Crippen LogP contribution in [0.25, 0.3) is 0 Å². The number of thiophene rings is 1. The molecule has 0 fully saturated rings. The second-order valence-electron chi connectivity index (χ2n) is 5.54. The fourth-order valence-electron chi connectivity index (χ4n) is 2.51. The van der Waals surface area contributed by atoms with E-state index in [1.54, 1.807) is 0 Å². The molecule has 3 aromatic rings. The summed E-state index contributed by atoms with van der Waals surface area (Å²) in [4.78, 5) is 19.1. The van der Waals surface area contributed by atoms with Crippen LogP contribution in [0, 0.1) is 0 Å². The van der Waals surface area contributed by atoms with Crippen LogP contribution in [0.1, 0.15) is 15.2 Å². The summed E-state index contributed by atoms with van der Waals surface area (Å²) in [6.07, 6.45) is 0. The first-order valence-electron chi connectivity index (χ1n) is 7.89. The maximum atomic E-state index is 12.4. The molecule has 0 saturated carbocycles. The smallest absolute Gasteiger partial charge is 0.261 e. The van der Waals surface area contributed by atoms with Crippen molar-refractivity contribution in [3.05, 3.63) is 76.5 Å². The van der Waals surface area contributed by atoms with Gasteiger partial charge in [-0.05, 0) is 30.5 Å². The van der Waals surface area contributed by atoms with Crippen molar-refractivity contribution >= 4 is 41.0 Å². The third-order valence-corrected chi connectivity index (χ3v) is 4.82. The van der Waals surface area contributed by atoms with E-state index in [4.69, 9.17) is 0 Å². The highest BCUT2D eigenvalue weighted by Gasteiger charge is 2.13. The molecule has 0 atom stereocenters. The lowest BCUT2D eigenvalue weighted by atomic mass is 10.2. The van der Waals surface area contributed by atoms with Gasteiger partial charge in [0.1, 0.15) is 0 Å². The van der Waals surface area contributed by atoms with Gasteiger partial charge in [-0.2, -0.15) is 0 Å². The molecule has 0 unspecified atom stereocenters. The van der Waals surface area contributed by atoms with Gasteiger partial charge in [0, 0.05) is 19.0 Å². The van der Waals surface area contributed by atoms with Gasteiger partial charge in [0.05, 0.1) is 21.9 Å². The lowest BCUT2D eigenvalue weighted by Gasteiger charge is -2.19. The van der Waals surface area contributed by atoms with Gasteiger partial charge in [0.15, 0.2) is 0 Å². The molecule has 5 heteroatoms. The molecule has 0 spiro atoms. The van der Waals surface area contributed by atoms with Gasteiger partial charge >= 0.3 is 0 Å². The van der Waals surface area contributed by atoms with Crippen LogP contribution in [0.3, 0.4) is 0 Å². The molecule has 3 rings (SSSR count). The molecular formula is C20H19N3OS. The summed E-state index contributed by atoms with van der Waals surface area (Å²) in [7, 11) is 1.96. The van der Waals surface area contributed by atoms with E-state index in [2.05, 4.69) is 17.0 Å². The highest BCUT2D eigenvalue weighted by atomic mass is 32.1. The number of amides is 1. The second kappa shape index (κ2) is 7.77. The Labute approximate surface area is 151 Å². The molecule has 2 aromatic carbocycles. The first-order valence-corrected chi connectivity index (χ1v) is 8.77. The molecule has 126 valence electrons. The number of nitrogens with zero attached hydrogens (tertiary/aromatic N) is 2. The number of carbonyl (C=O) groups excluding carboxylic acids is 1. The van der Waals surface area contributed by atoms with Gasteiger partial charge in [0.2, 0.25) is 0 Å². The number of rotatable bonds is 6. The molecule has 4 nitrogen and oxygen atoms in total. The van der Waals surface area contributed by atoms with Crippen LogP contribution < -0.4 is 10.2 Å². The highest BCUT2D eigenvalue weighted by molar-refractivity contribution is 7.12. The van der Waals surface area contributed by atoms with Crippen LogP contribution in [-0.2, 0) is 6.54 Å². The summed E-state index contributed by atoms with van der Waals surface area (Å²) >= 11 is 1.43. The summed E-state index contributed by atoms with van der Waals surface area (Å²) < 4.78 is 0. The number of aliphatic imine (C=N–C) groups is 1. The van der Waals surface area contributed by atoms with Crippen LogP contribution in [0.5, 0.6) is 0 Å². The second-order valence-corrected chi connectivity index (χ2v) is 6.45. The molecule has 1 amide bonds. The normalized spacial score (nSPS) is 10.3. The third kappa shape index (κ3) is 3.95. The lowest BCUT2D eigenvalue weighted by molar-refractivity contribution is 0.0955. The van der Waals surface area contributed by atoms with Crippen molar-refractivity contribution in [1.82, 2.24) is 5.32 Å². The summed E-state index contributed by atoms with van der Waals surface area (Å²) in [5.74, 6) is -0.0661. The highest BCUT2D eigenvalue weighted by Crippen LogP contribution is 2.34. The molecule has 0 aliphatic rings. The van der Waals surface area contributed by atoms with Gasteiger partial charge in [-0.1, -0.05) is 42.5 Å². The Morgan fingerprint density at radius 2 is 1.88 bits per heavy atom. The van der Waals surface area contributed by atoms with Gasteiger partial charge < -0.3 is 10.2 Å². The van der Waals surface area contributed by atoms with Gasteiger partial charge in [-0.25, -0.2) is 0 Å². The van der Waals surface area contributed by atoms with E-state index < -0.39 is 0 Å². The fourth-order valence-corrected chi connectivity index (χ4v) is 3.35. The minimum Gasteiger partial charge on any atom is -0.347 e. The standard InChI is InChI=1S/C20H19N3OS/c1-21-17-10-6-7-11-18(17)23(2)16-12-19(25-14-16)20(24)22-13-15-8-4-3-5-9-15/h3-12,14H,1,13H2,2H3,(H,22,24).